The number of ketones is 1. The highest BCUT2D eigenvalue weighted by Gasteiger charge is 2.43. The van der Waals surface area contributed by atoms with Crippen LogP contribution in [-0.2, 0) is 25.6 Å². The number of hydrogen-bond acceptors (Lipinski definition) is 4. The summed E-state index contributed by atoms with van der Waals surface area (Å²) in [7, 11) is 0. The van der Waals surface area contributed by atoms with Crippen molar-refractivity contribution in [1.82, 2.24) is 0 Å². The highest BCUT2D eigenvalue weighted by atomic mass is 16.8. The van der Waals surface area contributed by atoms with E-state index in [1.807, 2.05) is 44.2 Å². The molecule has 0 radical (unpaired) electrons. The Morgan fingerprint density at radius 2 is 2.04 bits per heavy atom. The molecule has 0 N–H and O–H groups in total. The largest absolute Gasteiger partial charge is 0.367 e. The van der Waals surface area contributed by atoms with E-state index in [1.54, 1.807) is 12.2 Å². The number of benzene rings is 1. The van der Waals surface area contributed by atoms with Crippen molar-refractivity contribution in [3.63, 3.8) is 0 Å². The van der Waals surface area contributed by atoms with E-state index >= 15 is 0 Å². The average molecular weight is 316 g/mol. The van der Waals surface area contributed by atoms with E-state index < -0.39 is 11.9 Å². The average Bonchev–Trinajstić information content (AvgIpc) is 2.83. The minimum Gasteiger partial charge on any atom is -0.367 e. The van der Waals surface area contributed by atoms with Crippen molar-refractivity contribution in [1.29, 1.82) is 0 Å². The minimum atomic E-state index is -0.706. The van der Waals surface area contributed by atoms with Crippen molar-refractivity contribution in [2.45, 2.75) is 51.5 Å². The zero-order valence-electron chi connectivity index (χ0n) is 13.9. The van der Waals surface area contributed by atoms with Crippen molar-refractivity contribution >= 4 is 5.78 Å². The maximum Gasteiger partial charge on any atom is 0.164 e. The van der Waals surface area contributed by atoms with Crippen LogP contribution in [0.25, 0.3) is 0 Å². The van der Waals surface area contributed by atoms with Gasteiger partial charge in [0.15, 0.2) is 11.6 Å². The van der Waals surface area contributed by atoms with Crippen LogP contribution in [0, 0.1) is 0 Å². The number of carbonyl (C=O) groups excluding carboxylic acids is 1. The number of carbonyl (C=O) groups is 1. The molecule has 1 aliphatic heterocycles. The standard InChI is InChI=1S/C19H24O4/c1-5-16-18(23-19(3,4)22-16)17(12-11-14(2)20)21-13-15-9-7-6-8-10-15/h5-12,16-18H,1,13H2,2-4H3/b12-11+/t16-,17+,18-/m0/s1. The van der Waals surface area contributed by atoms with Gasteiger partial charge in [0.05, 0.1) is 6.61 Å². The molecule has 0 amide bonds. The first-order valence-electron chi connectivity index (χ1n) is 7.74. The van der Waals surface area contributed by atoms with Crippen LogP contribution in [0.1, 0.15) is 26.3 Å². The predicted molar refractivity (Wildman–Crippen MR) is 88.9 cm³/mol. The molecule has 0 aliphatic carbocycles. The molecular weight excluding hydrogens is 292 g/mol. The molecule has 0 spiro atoms. The van der Waals surface area contributed by atoms with Crippen molar-refractivity contribution in [3.8, 4) is 0 Å². The molecule has 2 rings (SSSR count). The summed E-state index contributed by atoms with van der Waals surface area (Å²) in [5.41, 5.74) is 1.06. The molecule has 1 aromatic carbocycles. The Labute approximate surface area is 137 Å². The van der Waals surface area contributed by atoms with Crippen molar-refractivity contribution in [2.75, 3.05) is 0 Å². The summed E-state index contributed by atoms with van der Waals surface area (Å²) in [6.07, 6.45) is 3.91. The Balaban J connectivity index is 2.13. The summed E-state index contributed by atoms with van der Waals surface area (Å²) in [5, 5.41) is 0. The molecule has 1 saturated heterocycles. The molecule has 1 fully saturated rings. The molecule has 23 heavy (non-hydrogen) atoms. The lowest BCUT2D eigenvalue weighted by molar-refractivity contribution is -0.154. The van der Waals surface area contributed by atoms with Crippen LogP contribution >= 0.6 is 0 Å². The van der Waals surface area contributed by atoms with Gasteiger partial charge in [-0.3, -0.25) is 4.79 Å². The zero-order valence-corrected chi connectivity index (χ0v) is 13.9. The van der Waals surface area contributed by atoms with Gasteiger partial charge in [-0.15, -0.1) is 6.58 Å². The third-order valence-corrected chi connectivity index (χ3v) is 3.53. The minimum absolute atomic E-state index is 0.0355. The van der Waals surface area contributed by atoms with E-state index in [-0.39, 0.29) is 18.0 Å². The molecule has 1 heterocycles. The van der Waals surface area contributed by atoms with Gasteiger partial charge in [0.2, 0.25) is 0 Å². The van der Waals surface area contributed by atoms with Crippen LogP contribution in [0.5, 0.6) is 0 Å². The molecule has 4 heteroatoms. The third kappa shape index (κ3) is 5.13. The van der Waals surface area contributed by atoms with Gasteiger partial charge in [0, 0.05) is 0 Å². The second kappa shape index (κ2) is 7.68. The van der Waals surface area contributed by atoms with Gasteiger partial charge in [-0.25, -0.2) is 0 Å². The molecule has 0 aromatic heterocycles. The monoisotopic (exact) mass is 316 g/mol. The van der Waals surface area contributed by atoms with Gasteiger partial charge in [-0.1, -0.05) is 36.4 Å². The molecule has 1 aliphatic rings. The van der Waals surface area contributed by atoms with Gasteiger partial charge in [-0.2, -0.15) is 0 Å². The summed E-state index contributed by atoms with van der Waals surface area (Å²) >= 11 is 0. The van der Waals surface area contributed by atoms with Gasteiger partial charge >= 0.3 is 0 Å². The van der Waals surface area contributed by atoms with Crippen LogP contribution in [0.2, 0.25) is 0 Å². The number of allylic oxidation sites excluding steroid dienone is 1. The maximum atomic E-state index is 11.3. The highest BCUT2D eigenvalue weighted by molar-refractivity contribution is 5.87. The van der Waals surface area contributed by atoms with Gasteiger partial charge in [0.1, 0.15) is 18.3 Å². The Morgan fingerprint density at radius 1 is 1.35 bits per heavy atom. The van der Waals surface area contributed by atoms with Gasteiger partial charge in [-0.05, 0) is 38.5 Å². The fraction of sp³-hybridized carbons (Fsp3) is 0.421. The Bertz CT molecular complexity index is 562. The van der Waals surface area contributed by atoms with Gasteiger partial charge < -0.3 is 14.2 Å². The van der Waals surface area contributed by atoms with Crippen molar-refractivity contribution in [2.24, 2.45) is 0 Å². The number of rotatable bonds is 7. The van der Waals surface area contributed by atoms with Crippen LogP contribution in [0.15, 0.2) is 55.1 Å². The first-order chi connectivity index (χ1) is 10.9. The Kier molecular flexibility index (Phi) is 5.88. The number of hydrogen-bond donors (Lipinski definition) is 0. The van der Waals surface area contributed by atoms with E-state index in [2.05, 4.69) is 6.58 Å². The maximum absolute atomic E-state index is 11.3. The Hall–Kier alpha value is -1.75. The molecule has 0 saturated carbocycles. The van der Waals surface area contributed by atoms with E-state index in [4.69, 9.17) is 14.2 Å². The van der Waals surface area contributed by atoms with Crippen LogP contribution in [-0.4, -0.2) is 29.9 Å². The van der Waals surface area contributed by atoms with E-state index in [0.717, 1.165) is 5.56 Å². The van der Waals surface area contributed by atoms with E-state index in [0.29, 0.717) is 6.61 Å². The lowest BCUT2D eigenvalue weighted by atomic mass is 10.1. The summed E-state index contributed by atoms with van der Waals surface area (Å²) in [5.74, 6) is -0.742. The fourth-order valence-corrected chi connectivity index (χ4v) is 2.51. The smallest absolute Gasteiger partial charge is 0.164 e. The molecule has 124 valence electrons. The van der Waals surface area contributed by atoms with E-state index in [9.17, 15) is 4.79 Å². The van der Waals surface area contributed by atoms with Crippen LogP contribution in [0.4, 0.5) is 0 Å². The van der Waals surface area contributed by atoms with Crippen LogP contribution < -0.4 is 0 Å². The Morgan fingerprint density at radius 3 is 2.65 bits per heavy atom. The molecule has 0 bridgehead atoms. The lowest BCUT2D eigenvalue weighted by Gasteiger charge is -2.23. The van der Waals surface area contributed by atoms with Crippen molar-refractivity contribution < 1.29 is 19.0 Å². The third-order valence-electron chi connectivity index (χ3n) is 3.53. The first kappa shape index (κ1) is 17.6. The molecular formula is C19H24O4. The zero-order chi connectivity index (χ0) is 16.9. The highest BCUT2D eigenvalue weighted by Crippen LogP contribution is 2.32. The second-order valence-electron chi connectivity index (χ2n) is 6.03. The number of ether oxygens (including phenoxy) is 3. The lowest BCUT2D eigenvalue weighted by Crippen LogP contribution is -2.35. The summed E-state index contributed by atoms with van der Waals surface area (Å²) in [6.45, 7) is 9.44. The van der Waals surface area contributed by atoms with Gasteiger partial charge in [0.25, 0.3) is 0 Å². The van der Waals surface area contributed by atoms with Crippen LogP contribution in [0.3, 0.4) is 0 Å². The summed E-state index contributed by atoms with van der Waals surface area (Å²) < 4.78 is 17.8. The molecule has 3 atom stereocenters. The molecule has 1 aromatic rings. The fourth-order valence-electron chi connectivity index (χ4n) is 2.51. The topological polar surface area (TPSA) is 44.8 Å². The molecule has 4 nitrogen and oxygen atoms in total. The molecule has 0 unspecified atom stereocenters. The predicted octanol–water partition coefficient (Wildman–Crippen LogP) is 3.42. The normalized spacial score (nSPS) is 24.7. The first-order valence-corrected chi connectivity index (χ1v) is 7.74. The quantitative estimate of drug-likeness (QED) is 0.571. The summed E-state index contributed by atoms with van der Waals surface area (Å²) in [4.78, 5) is 11.3. The summed E-state index contributed by atoms with van der Waals surface area (Å²) in [6, 6.07) is 9.87. The van der Waals surface area contributed by atoms with E-state index in [1.165, 1.54) is 13.0 Å². The second-order valence-corrected chi connectivity index (χ2v) is 6.03. The van der Waals surface area contributed by atoms with Crippen molar-refractivity contribution in [3.05, 3.63) is 60.7 Å². The SMILES string of the molecule is C=C[C@@H]1OC(C)(C)O[C@@H]1[C@@H](/C=C/C(C)=O)OCc1ccccc1.